The monoisotopic (exact) mass is 343 g/mol. The number of aromatic nitrogens is 3. The number of piperazine rings is 1. The molecule has 3 heterocycles. The largest absolute Gasteiger partial charge is 0.361 e. The fraction of sp³-hybridized carbons (Fsp3) is 0.611. The van der Waals surface area contributed by atoms with Gasteiger partial charge in [-0.1, -0.05) is 5.16 Å². The Hall–Kier alpha value is -2.31. The summed E-state index contributed by atoms with van der Waals surface area (Å²) >= 11 is 0. The minimum Gasteiger partial charge on any atom is -0.361 e. The maximum absolute atomic E-state index is 12.6. The molecule has 0 bridgehead atoms. The van der Waals surface area contributed by atoms with Crippen LogP contribution in [0, 0.1) is 13.8 Å². The molecule has 2 aromatic rings. The molecule has 2 aliphatic rings. The minimum absolute atomic E-state index is 0.151. The van der Waals surface area contributed by atoms with Gasteiger partial charge in [0.2, 0.25) is 5.91 Å². The highest BCUT2D eigenvalue weighted by atomic mass is 16.5. The van der Waals surface area contributed by atoms with E-state index in [9.17, 15) is 4.79 Å². The Morgan fingerprint density at radius 1 is 1.24 bits per heavy atom. The topological polar surface area (TPSA) is 67.4 Å². The van der Waals surface area contributed by atoms with Gasteiger partial charge in [0, 0.05) is 50.8 Å². The molecule has 7 heteroatoms. The van der Waals surface area contributed by atoms with Gasteiger partial charge in [0.15, 0.2) is 0 Å². The summed E-state index contributed by atoms with van der Waals surface area (Å²) in [6, 6.07) is 2.22. The molecule has 1 aliphatic heterocycles. The number of anilines is 1. The third kappa shape index (κ3) is 3.15. The van der Waals surface area contributed by atoms with Crippen LogP contribution in [0.5, 0.6) is 0 Å². The number of aryl methyl sites for hydroxylation is 3. The normalized spacial score (nSPS) is 18.0. The molecule has 1 saturated carbocycles. The van der Waals surface area contributed by atoms with E-state index in [-0.39, 0.29) is 5.91 Å². The summed E-state index contributed by atoms with van der Waals surface area (Å²) in [6.07, 6.45) is 2.90. The van der Waals surface area contributed by atoms with Crippen LogP contribution >= 0.6 is 0 Å². The molecule has 0 N–H and O–H groups in total. The summed E-state index contributed by atoms with van der Waals surface area (Å²) in [6.45, 7) is 6.92. The van der Waals surface area contributed by atoms with Gasteiger partial charge in [-0.05, 0) is 26.7 Å². The zero-order valence-corrected chi connectivity index (χ0v) is 15.2. The predicted octanol–water partition coefficient (Wildman–Crippen LogP) is 1.79. The molecule has 134 valence electrons. The highest BCUT2D eigenvalue weighted by Crippen LogP contribution is 2.40. The van der Waals surface area contributed by atoms with Crippen molar-refractivity contribution in [3.63, 3.8) is 0 Å². The Morgan fingerprint density at radius 3 is 2.56 bits per heavy atom. The Bertz CT molecular complexity index is 762. The van der Waals surface area contributed by atoms with Crippen molar-refractivity contribution in [2.45, 2.75) is 39.0 Å². The number of hydrogen-bond donors (Lipinski definition) is 0. The average molecular weight is 343 g/mol. The van der Waals surface area contributed by atoms with Gasteiger partial charge in [0.1, 0.15) is 11.6 Å². The van der Waals surface area contributed by atoms with E-state index in [1.165, 1.54) is 24.4 Å². The van der Waals surface area contributed by atoms with Crippen LogP contribution in [0.1, 0.15) is 41.5 Å². The summed E-state index contributed by atoms with van der Waals surface area (Å²) in [7, 11) is 2.01. The first-order valence-corrected chi connectivity index (χ1v) is 9.01. The minimum atomic E-state index is 0.151. The van der Waals surface area contributed by atoms with Crippen LogP contribution in [0.3, 0.4) is 0 Å². The van der Waals surface area contributed by atoms with Crippen LogP contribution in [0.25, 0.3) is 0 Å². The van der Waals surface area contributed by atoms with Crippen molar-refractivity contribution in [3.8, 4) is 0 Å². The fourth-order valence-corrected chi connectivity index (χ4v) is 3.56. The van der Waals surface area contributed by atoms with E-state index in [1.807, 2.05) is 30.5 Å². The van der Waals surface area contributed by atoms with E-state index in [1.54, 1.807) is 0 Å². The first-order valence-electron chi connectivity index (χ1n) is 9.01. The molecule has 1 amide bonds. The van der Waals surface area contributed by atoms with Gasteiger partial charge in [0.25, 0.3) is 0 Å². The maximum Gasteiger partial charge on any atom is 0.227 e. The van der Waals surface area contributed by atoms with E-state index >= 15 is 0 Å². The van der Waals surface area contributed by atoms with Crippen molar-refractivity contribution in [1.82, 2.24) is 19.8 Å². The summed E-state index contributed by atoms with van der Waals surface area (Å²) in [5, 5.41) is 8.58. The number of carbonyl (C=O) groups is 1. The Kier molecular flexibility index (Phi) is 4.01. The number of rotatable bonds is 4. The number of amides is 1. The molecule has 1 aliphatic carbocycles. The number of nitrogens with zero attached hydrogens (tertiary/aromatic N) is 5. The van der Waals surface area contributed by atoms with E-state index in [4.69, 9.17) is 4.52 Å². The van der Waals surface area contributed by atoms with Crippen LogP contribution in [-0.2, 0) is 18.3 Å². The van der Waals surface area contributed by atoms with Gasteiger partial charge in [-0.2, -0.15) is 5.10 Å². The van der Waals surface area contributed by atoms with E-state index < -0.39 is 0 Å². The molecule has 0 unspecified atom stereocenters. The third-order valence-electron chi connectivity index (χ3n) is 5.34. The summed E-state index contributed by atoms with van der Waals surface area (Å²) in [5.74, 6) is 2.72. The standard InChI is InChI=1S/C18H25N5O2/c1-12-15(13(2)25-20-12)10-18(24)23-8-6-22(7-9-23)17-11-16(14-4-5-14)19-21(17)3/h11,14H,4-10H2,1-3H3. The molecular weight excluding hydrogens is 318 g/mol. The molecule has 7 nitrogen and oxygen atoms in total. The molecule has 1 saturated heterocycles. The summed E-state index contributed by atoms with van der Waals surface area (Å²) < 4.78 is 7.14. The van der Waals surface area contributed by atoms with Crippen molar-refractivity contribution in [2.24, 2.45) is 7.05 Å². The zero-order valence-electron chi connectivity index (χ0n) is 15.2. The lowest BCUT2D eigenvalue weighted by atomic mass is 10.1. The molecule has 0 aromatic carbocycles. The van der Waals surface area contributed by atoms with Crippen molar-refractivity contribution in [3.05, 3.63) is 28.8 Å². The molecule has 0 atom stereocenters. The smallest absolute Gasteiger partial charge is 0.227 e. The Labute approximate surface area is 147 Å². The van der Waals surface area contributed by atoms with Crippen LogP contribution in [0.4, 0.5) is 5.82 Å². The third-order valence-corrected chi connectivity index (χ3v) is 5.34. The second-order valence-electron chi connectivity index (χ2n) is 7.17. The highest BCUT2D eigenvalue weighted by molar-refractivity contribution is 5.79. The van der Waals surface area contributed by atoms with E-state index in [0.717, 1.165) is 43.2 Å². The van der Waals surface area contributed by atoms with Crippen LogP contribution in [0.15, 0.2) is 10.6 Å². The van der Waals surface area contributed by atoms with E-state index in [2.05, 4.69) is 21.2 Å². The zero-order chi connectivity index (χ0) is 17.6. The predicted molar refractivity (Wildman–Crippen MR) is 93.7 cm³/mol. The Morgan fingerprint density at radius 2 is 1.96 bits per heavy atom. The first kappa shape index (κ1) is 16.2. The van der Waals surface area contributed by atoms with Gasteiger partial charge in [0.05, 0.1) is 17.8 Å². The van der Waals surface area contributed by atoms with Crippen LogP contribution in [0.2, 0.25) is 0 Å². The quantitative estimate of drug-likeness (QED) is 0.847. The Balaban J connectivity index is 1.37. The van der Waals surface area contributed by atoms with Crippen molar-refractivity contribution in [1.29, 1.82) is 0 Å². The fourth-order valence-electron chi connectivity index (χ4n) is 3.56. The molecular formula is C18H25N5O2. The van der Waals surface area contributed by atoms with Gasteiger partial charge < -0.3 is 14.3 Å². The molecule has 25 heavy (non-hydrogen) atoms. The van der Waals surface area contributed by atoms with Crippen LogP contribution in [-0.4, -0.2) is 51.9 Å². The number of carbonyl (C=O) groups excluding carboxylic acids is 1. The highest BCUT2D eigenvalue weighted by Gasteiger charge is 2.29. The second kappa shape index (κ2) is 6.20. The summed E-state index contributed by atoms with van der Waals surface area (Å²) in [4.78, 5) is 16.9. The molecule has 4 rings (SSSR count). The SMILES string of the molecule is Cc1noc(C)c1CC(=O)N1CCN(c2cc(C3CC3)nn2C)CC1. The van der Waals surface area contributed by atoms with Gasteiger partial charge in [-0.15, -0.1) is 0 Å². The summed E-state index contributed by atoms with van der Waals surface area (Å²) in [5.41, 5.74) is 2.95. The molecule has 2 fully saturated rings. The van der Waals surface area contributed by atoms with Gasteiger partial charge in [-0.25, -0.2) is 0 Å². The lowest BCUT2D eigenvalue weighted by molar-refractivity contribution is -0.130. The first-order chi connectivity index (χ1) is 12.0. The molecule has 0 radical (unpaired) electrons. The van der Waals surface area contributed by atoms with E-state index in [0.29, 0.717) is 12.3 Å². The molecule has 0 spiro atoms. The van der Waals surface area contributed by atoms with Gasteiger partial charge >= 0.3 is 0 Å². The molecule has 2 aromatic heterocycles. The van der Waals surface area contributed by atoms with Crippen LogP contribution < -0.4 is 4.90 Å². The van der Waals surface area contributed by atoms with Crippen molar-refractivity contribution < 1.29 is 9.32 Å². The second-order valence-corrected chi connectivity index (χ2v) is 7.17. The average Bonchev–Trinajstić information content (AvgIpc) is 3.32. The van der Waals surface area contributed by atoms with Crippen molar-refractivity contribution in [2.75, 3.05) is 31.1 Å². The maximum atomic E-state index is 12.6. The lowest BCUT2D eigenvalue weighted by Crippen LogP contribution is -2.49. The lowest BCUT2D eigenvalue weighted by Gasteiger charge is -2.35. The number of hydrogen-bond acceptors (Lipinski definition) is 5. The van der Waals surface area contributed by atoms with Crippen molar-refractivity contribution >= 4 is 11.7 Å². The van der Waals surface area contributed by atoms with Gasteiger partial charge in [-0.3, -0.25) is 9.48 Å².